The van der Waals surface area contributed by atoms with Crippen molar-refractivity contribution in [3.63, 3.8) is 0 Å². The maximum Gasteiger partial charge on any atom is 0.255 e. The van der Waals surface area contributed by atoms with E-state index in [1.165, 1.54) is 11.8 Å². The molecule has 4 aromatic rings. The van der Waals surface area contributed by atoms with E-state index in [1.54, 1.807) is 0 Å². The summed E-state index contributed by atoms with van der Waals surface area (Å²) >= 11 is 1.45. The molecule has 0 heterocycles. The number of carbonyl (C=O) groups excluding carboxylic acids is 2. The molecule has 36 heavy (non-hydrogen) atoms. The lowest BCUT2D eigenvalue weighted by atomic mass is 10.1. The summed E-state index contributed by atoms with van der Waals surface area (Å²) in [5.74, 6) is 0.332. The highest BCUT2D eigenvalue weighted by molar-refractivity contribution is 8.00. The van der Waals surface area contributed by atoms with Gasteiger partial charge >= 0.3 is 0 Å². The van der Waals surface area contributed by atoms with Crippen LogP contribution in [-0.2, 0) is 4.79 Å². The summed E-state index contributed by atoms with van der Waals surface area (Å²) in [6, 6.07) is 32.0. The Kier molecular flexibility index (Phi) is 8.42. The smallest absolute Gasteiger partial charge is 0.255 e. The zero-order valence-electron chi connectivity index (χ0n) is 20.2. The number of amides is 2. The molecule has 1 unspecified atom stereocenters. The Balaban J connectivity index is 1.49. The fraction of sp³-hybridized carbons (Fsp3) is 0.133. The van der Waals surface area contributed by atoms with Crippen molar-refractivity contribution in [1.29, 1.82) is 0 Å². The first-order valence-corrected chi connectivity index (χ1v) is 12.6. The Morgan fingerprint density at radius 3 is 2.17 bits per heavy atom. The number of aryl methyl sites for hydroxylation is 1. The second-order valence-electron chi connectivity index (χ2n) is 8.17. The van der Waals surface area contributed by atoms with Crippen molar-refractivity contribution < 1.29 is 14.3 Å². The molecule has 0 spiro atoms. The second-order valence-corrected chi connectivity index (χ2v) is 9.35. The third kappa shape index (κ3) is 6.55. The highest BCUT2D eigenvalue weighted by Crippen LogP contribution is 2.37. The molecule has 2 amide bonds. The van der Waals surface area contributed by atoms with Crippen LogP contribution in [0.25, 0.3) is 0 Å². The summed E-state index contributed by atoms with van der Waals surface area (Å²) in [4.78, 5) is 26.9. The van der Waals surface area contributed by atoms with Crippen LogP contribution in [0.3, 0.4) is 0 Å². The van der Waals surface area contributed by atoms with E-state index in [1.807, 2.05) is 117 Å². The highest BCUT2D eigenvalue weighted by atomic mass is 32.2. The van der Waals surface area contributed by atoms with E-state index in [0.29, 0.717) is 29.3 Å². The van der Waals surface area contributed by atoms with Crippen LogP contribution in [0.15, 0.2) is 108 Å². The van der Waals surface area contributed by atoms with Crippen LogP contribution in [0.1, 0.15) is 33.7 Å². The molecule has 0 fully saturated rings. The number of para-hydroxylation sites is 2. The molecule has 0 radical (unpaired) electrons. The molecular weight excluding hydrogens is 468 g/mol. The SMILES string of the molecule is CCOc1ccccc1NC(=O)C(Sc1ccc(NC(=O)c2ccc(C)cc2)cc1)c1ccccc1. The summed E-state index contributed by atoms with van der Waals surface area (Å²) in [7, 11) is 0. The number of hydrogen-bond acceptors (Lipinski definition) is 4. The normalized spacial score (nSPS) is 11.4. The van der Waals surface area contributed by atoms with Crippen molar-refractivity contribution >= 4 is 35.0 Å². The number of rotatable bonds is 9. The van der Waals surface area contributed by atoms with Crippen LogP contribution < -0.4 is 15.4 Å². The number of anilines is 2. The molecule has 0 aromatic heterocycles. The monoisotopic (exact) mass is 496 g/mol. The van der Waals surface area contributed by atoms with Crippen LogP contribution in [0.4, 0.5) is 11.4 Å². The van der Waals surface area contributed by atoms with Gasteiger partial charge in [-0.15, -0.1) is 11.8 Å². The Bertz CT molecular complexity index is 1310. The van der Waals surface area contributed by atoms with Crippen LogP contribution in [0, 0.1) is 6.92 Å². The van der Waals surface area contributed by atoms with Gasteiger partial charge in [-0.2, -0.15) is 0 Å². The number of nitrogens with one attached hydrogen (secondary N) is 2. The minimum atomic E-state index is -0.478. The number of hydrogen-bond donors (Lipinski definition) is 2. The van der Waals surface area contributed by atoms with Crippen molar-refractivity contribution in [3.8, 4) is 5.75 Å². The second kappa shape index (κ2) is 12.1. The number of thioether (sulfide) groups is 1. The largest absolute Gasteiger partial charge is 0.492 e. The van der Waals surface area contributed by atoms with Gasteiger partial charge in [0.2, 0.25) is 5.91 Å². The van der Waals surface area contributed by atoms with Gasteiger partial charge in [0.15, 0.2) is 0 Å². The van der Waals surface area contributed by atoms with E-state index in [2.05, 4.69) is 10.6 Å². The molecule has 1 atom stereocenters. The lowest BCUT2D eigenvalue weighted by molar-refractivity contribution is -0.115. The summed E-state index contributed by atoms with van der Waals surface area (Å²) in [5.41, 5.74) is 3.93. The zero-order valence-corrected chi connectivity index (χ0v) is 21.0. The van der Waals surface area contributed by atoms with Crippen LogP contribution in [-0.4, -0.2) is 18.4 Å². The fourth-order valence-corrected chi connectivity index (χ4v) is 4.64. The minimum Gasteiger partial charge on any atom is -0.492 e. The molecule has 0 aliphatic carbocycles. The van der Waals surface area contributed by atoms with Gasteiger partial charge in [-0.3, -0.25) is 9.59 Å². The maximum atomic E-state index is 13.4. The Labute approximate surface area is 215 Å². The van der Waals surface area contributed by atoms with Crippen molar-refractivity contribution in [2.24, 2.45) is 0 Å². The maximum absolute atomic E-state index is 13.4. The molecule has 4 aromatic carbocycles. The molecule has 0 aliphatic heterocycles. The predicted molar refractivity (Wildman–Crippen MR) is 147 cm³/mol. The number of carbonyl (C=O) groups is 2. The van der Waals surface area contributed by atoms with Gasteiger partial charge in [0.05, 0.1) is 12.3 Å². The first kappa shape index (κ1) is 25.1. The van der Waals surface area contributed by atoms with E-state index < -0.39 is 5.25 Å². The molecule has 2 N–H and O–H groups in total. The van der Waals surface area contributed by atoms with Crippen molar-refractivity contribution in [2.45, 2.75) is 24.0 Å². The quantitative estimate of drug-likeness (QED) is 0.242. The van der Waals surface area contributed by atoms with E-state index in [0.717, 1.165) is 16.0 Å². The van der Waals surface area contributed by atoms with Crippen LogP contribution in [0.5, 0.6) is 5.75 Å². The first-order chi connectivity index (χ1) is 17.5. The molecule has 0 saturated heterocycles. The standard InChI is InChI=1S/C30H28N2O3S/c1-3-35-27-12-8-7-11-26(27)32-30(34)28(22-9-5-4-6-10-22)36-25-19-17-24(18-20-25)31-29(33)23-15-13-21(2)14-16-23/h4-20,28H,3H2,1-2H3,(H,31,33)(H,32,34). The number of benzene rings is 4. The first-order valence-electron chi connectivity index (χ1n) is 11.8. The summed E-state index contributed by atoms with van der Waals surface area (Å²) < 4.78 is 5.67. The van der Waals surface area contributed by atoms with Gasteiger partial charge in [0.1, 0.15) is 11.0 Å². The summed E-state index contributed by atoms with van der Waals surface area (Å²) in [6.45, 7) is 4.41. The predicted octanol–water partition coefficient (Wildman–Crippen LogP) is 7.12. The molecule has 0 bridgehead atoms. The third-order valence-corrected chi connectivity index (χ3v) is 6.73. The fourth-order valence-electron chi connectivity index (χ4n) is 3.61. The van der Waals surface area contributed by atoms with Crippen molar-refractivity contribution in [3.05, 3.63) is 120 Å². The molecule has 4 rings (SSSR count). The Hall–Kier alpha value is -4.03. The van der Waals surface area contributed by atoms with E-state index in [9.17, 15) is 9.59 Å². The molecule has 5 nitrogen and oxygen atoms in total. The zero-order chi connectivity index (χ0) is 25.3. The average molecular weight is 497 g/mol. The summed E-state index contributed by atoms with van der Waals surface area (Å²) in [5, 5.41) is 5.48. The van der Waals surface area contributed by atoms with E-state index >= 15 is 0 Å². The van der Waals surface area contributed by atoms with E-state index in [-0.39, 0.29) is 11.8 Å². The Morgan fingerprint density at radius 2 is 1.47 bits per heavy atom. The molecule has 182 valence electrons. The van der Waals surface area contributed by atoms with Gasteiger partial charge in [-0.25, -0.2) is 0 Å². The molecular formula is C30H28N2O3S. The highest BCUT2D eigenvalue weighted by Gasteiger charge is 2.23. The van der Waals surface area contributed by atoms with Crippen LogP contribution >= 0.6 is 11.8 Å². The average Bonchev–Trinajstić information content (AvgIpc) is 2.90. The van der Waals surface area contributed by atoms with Gasteiger partial charge in [-0.05, 0) is 67.9 Å². The lowest BCUT2D eigenvalue weighted by Crippen LogP contribution is -2.19. The van der Waals surface area contributed by atoms with E-state index in [4.69, 9.17) is 4.74 Å². The lowest BCUT2D eigenvalue weighted by Gasteiger charge is -2.19. The van der Waals surface area contributed by atoms with Gasteiger partial charge < -0.3 is 15.4 Å². The summed E-state index contributed by atoms with van der Waals surface area (Å²) in [6.07, 6.45) is 0. The topological polar surface area (TPSA) is 67.4 Å². The molecule has 6 heteroatoms. The Morgan fingerprint density at radius 1 is 0.806 bits per heavy atom. The van der Waals surface area contributed by atoms with Gasteiger partial charge in [0.25, 0.3) is 5.91 Å². The molecule has 0 aliphatic rings. The van der Waals surface area contributed by atoms with Crippen LogP contribution in [0.2, 0.25) is 0 Å². The molecule has 0 saturated carbocycles. The van der Waals surface area contributed by atoms with Crippen molar-refractivity contribution in [2.75, 3.05) is 17.2 Å². The minimum absolute atomic E-state index is 0.143. The van der Waals surface area contributed by atoms with Crippen molar-refractivity contribution in [1.82, 2.24) is 0 Å². The van der Waals surface area contributed by atoms with Gasteiger partial charge in [0, 0.05) is 16.1 Å². The third-order valence-electron chi connectivity index (χ3n) is 5.47. The number of ether oxygens (including phenoxy) is 1. The van der Waals surface area contributed by atoms with Gasteiger partial charge in [-0.1, -0.05) is 60.2 Å².